The Balaban J connectivity index is 2.07. The van der Waals surface area contributed by atoms with Crippen molar-refractivity contribution < 1.29 is 14.7 Å². The molecule has 0 aliphatic rings. The van der Waals surface area contributed by atoms with Crippen LogP contribution >= 0.6 is 0 Å². The third-order valence-corrected chi connectivity index (χ3v) is 3.55. The van der Waals surface area contributed by atoms with Gasteiger partial charge >= 0.3 is 0 Å². The van der Waals surface area contributed by atoms with Gasteiger partial charge in [0.1, 0.15) is 6.04 Å². The number of hydrogen-bond donors (Lipinski definition) is 3. The minimum atomic E-state index is -1.34. The van der Waals surface area contributed by atoms with Crippen molar-refractivity contribution in [1.82, 2.24) is 5.32 Å². The lowest BCUT2D eigenvalue weighted by Gasteiger charge is -2.18. The fourth-order valence-electron chi connectivity index (χ4n) is 2.33. The highest BCUT2D eigenvalue weighted by atomic mass is 16.3. The molecule has 0 radical (unpaired) electrons. The molecule has 0 fully saturated rings. The summed E-state index contributed by atoms with van der Waals surface area (Å²) in [6, 6.07) is 15.3. The van der Waals surface area contributed by atoms with E-state index in [0.717, 1.165) is 11.1 Å². The number of nitrogens with two attached hydrogens (primary N) is 1. The van der Waals surface area contributed by atoms with Crippen LogP contribution < -0.4 is 11.1 Å². The van der Waals surface area contributed by atoms with E-state index in [1.165, 1.54) is 0 Å². The fourth-order valence-corrected chi connectivity index (χ4v) is 2.33. The zero-order valence-corrected chi connectivity index (χ0v) is 12.9. The second kappa shape index (κ2) is 7.56. The van der Waals surface area contributed by atoms with E-state index >= 15 is 0 Å². The van der Waals surface area contributed by atoms with E-state index in [2.05, 4.69) is 5.32 Å². The second-order valence-corrected chi connectivity index (χ2v) is 5.47. The van der Waals surface area contributed by atoms with Crippen LogP contribution in [0.3, 0.4) is 0 Å². The van der Waals surface area contributed by atoms with Crippen LogP contribution in [0, 0.1) is 6.92 Å². The average Bonchev–Trinajstić information content (AvgIpc) is 2.54. The number of aliphatic hydroxyl groups is 1. The van der Waals surface area contributed by atoms with Gasteiger partial charge in [-0.25, -0.2) is 0 Å². The van der Waals surface area contributed by atoms with Crippen molar-refractivity contribution in [3.05, 3.63) is 71.3 Å². The summed E-state index contributed by atoms with van der Waals surface area (Å²) in [5, 5.41) is 12.6. The Hall–Kier alpha value is -2.66. The molecule has 2 aromatic carbocycles. The van der Waals surface area contributed by atoms with Gasteiger partial charge in [-0.1, -0.05) is 60.2 Å². The minimum Gasteiger partial charge on any atom is -0.378 e. The van der Waals surface area contributed by atoms with E-state index in [0.29, 0.717) is 5.56 Å². The van der Waals surface area contributed by atoms with Crippen LogP contribution in [0.4, 0.5) is 0 Å². The van der Waals surface area contributed by atoms with E-state index in [4.69, 9.17) is 5.73 Å². The predicted octanol–water partition coefficient (Wildman–Crippen LogP) is 1.24. The lowest BCUT2D eigenvalue weighted by atomic mass is 10.0. The van der Waals surface area contributed by atoms with Crippen LogP contribution in [0.25, 0.3) is 0 Å². The second-order valence-electron chi connectivity index (χ2n) is 5.47. The molecule has 0 aromatic heterocycles. The number of aliphatic hydroxyl groups excluding tert-OH is 1. The molecule has 0 unspecified atom stereocenters. The quantitative estimate of drug-likeness (QED) is 0.749. The summed E-state index contributed by atoms with van der Waals surface area (Å²) in [5.74, 6) is -1.28. The van der Waals surface area contributed by atoms with Crippen LogP contribution in [-0.2, 0) is 16.0 Å². The monoisotopic (exact) mass is 312 g/mol. The normalized spacial score (nSPS) is 13.1. The molecule has 0 aliphatic heterocycles. The van der Waals surface area contributed by atoms with Crippen molar-refractivity contribution in [2.75, 3.05) is 0 Å². The maximum absolute atomic E-state index is 12.1. The van der Waals surface area contributed by atoms with Gasteiger partial charge in [-0.2, -0.15) is 0 Å². The molecule has 2 atom stereocenters. The van der Waals surface area contributed by atoms with Crippen LogP contribution in [0.15, 0.2) is 54.6 Å². The first kappa shape index (κ1) is 16.7. The summed E-state index contributed by atoms with van der Waals surface area (Å²) >= 11 is 0. The van der Waals surface area contributed by atoms with E-state index in [1.807, 2.05) is 31.2 Å². The molecule has 2 amide bonds. The highest BCUT2D eigenvalue weighted by molar-refractivity contribution is 5.89. The molecule has 0 bridgehead atoms. The molecule has 0 spiro atoms. The Labute approximate surface area is 135 Å². The first-order valence-corrected chi connectivity index (χ1v) is 7.35. The van der Waals surface area contributed by atoms with Crippen molar-refractivity contribution in [2.45, 2.75) is 25.5 Å². The molecular formula is C18H20N2O3. The Kier molecular flexibility index (Phi) is 5.49. The number of hydrogen-bond acceptors (Lipinski definition) is 3. The number of aryl methyl sites for hydroxylation is 1. The third-order valence-electron chi connectivity index (χ3n) is 3.55. The lowest BCUT2D eigenvalue weighted by molar-refractivity contribution is -0.133. The molecule has 2 aromatic rings. The fraction of sp³-hybridized carbons (Fsp3) is 0.222. The van der Waals surface area contributed by atoms with Gasteiger partial charge in [0.2, 0.25) is 5.91 Å². The Morgan fingerprint density at radius 2 is 1.83 bits per heavy atom. The van der Waals surface area contributed by atoms with E-state index in [-0.39, 0.29) is 6.42 Å². The van der Waals surface area contributed by atoms with Gasteiger partial charge in [-0.05, 0) is 18.1 Å². The molecule has 0 heterocycles. The van der Waals surface area contributed by atoms with E-state index in [9.17, 15) is 14.7 Å². The van der Waals surface area contributed by atoms with Gasteiger partial charge in [0.15, 0.2) is 6.10 Å². The van der Waals surface area contributed by atoms with Crippen molar-refractivity contribution in [1.29, 1.82) is 0 Å². The molecular weight excluding hydrogens is 292 g/mol. The van der Waals surface area contributed by atoms with Crippen LogP contribution in [0.1, 0.15) is 22.8 Å². The average molecular weight is 312 g/mol. The number of carbonyl (C=O) groups is 2. The van der Waals surface area contributed by atoms with Gasteiger partial charge < -0.3 is 16.2 Å². The van der Waals surface area contributed by atoms with Crippen molar-refractivity contribution in [3.63, 3.8) is 0 Å². The highest BCUT2D eigenvalue weighted by Crippen LogP contribution is 2.13. The first-order chi connectivity index (χ1) is 11.0. The number of benzene rings is 2. The lowest BCUT2D eigenvalue weighted by Crippen LogP contribution is -2.47. The summed E-state index contributed by atoms with van der Waals surface area (Å²) in [5.41, 5.74) is 7.79. The van der Waals surface area contributed by atoms with Gasteiger partial charge in [0.25, 0.3) is 5.91 Å². The molecule has 0 saturated carbocycles. The Morgan fingerprint density at radius 1 is 1.13 bits per heavy atom. The largest absolute Gasteiger partial charge is 0.378 e. The molecule has 2 rings (SSSR count). The zero-order valence-electron chi connectivity index (χ0n) is 12.9. The molecule has 0 aliphatic carbocycles. The number of primary amides is 1. The summed E-state index contributed by atoms with van der Waals surface area (Å²) in [7, 11) is 0. The Morgan fingerprint density at radius 3 is 2.43 bits per heavy atom. The van der Waals surface area contributed by atoms with Gasteiger partial charge in [-0.15, -0.1) is 0 Å². The van der Waals surface area contributed by atoms with Crippen LogP contribution in [0.2, 0.25) is 0 Å². The zero-order chi connectivity index (χ0) is 16.8. The Bertz CT molecular complexity index is 686. The molecule has 5 nitrogen and oxygen atoms in total. The predicted molar refractivity (Wildman–Crippen MR) is 87.4 cm³/mol. The molecule has 4 N–H and O–H groups in total. The maximum Gasteiger partial charge on any atom is 0.254 e. The number of amides is 2. The molecule has 120 valence electrons. The number of nitrogens with one attached hydrogen (secondary N) is 1. The van der Waals surface area contributed by atoms with E-state index < -0.39 is 24.0 Å². The standard InChI is InChI=1S/C18H20N2O3/c1-12-6-5-7-13(10-12)11-15(17(19)22)20-18(23)16(21)14-8-3-2-4-9-14/h2-10,15-16,21H,11H2,1H3,(H2,19,22)(H,20,23)/t15-,16-/m0/s1. The van der Waals surface area contributed by atoms with Crippen molar-refractivity contribution >= 4 is 11.8 Å². The van der Waals surface area contributed by atoms with E-state index in [1.54, 1.807) is 30.3 Å². The first-order valence-electron chi connectivity index (χ1n) is 7.35. The third kappa shape index (κ3) is 4.66. The summed E-state index contributed by atoms with van der Waals surface area (Å²) in [4.78, 5) is 23.8. The SMILES string of the molecule is Cc1cccc(C[C@H](NC(=O)[C@@H](O)c2ccccc2)C(N)=O)c1. The van der Waals surface area contributed by atoms with Crippen LogP contribution in [-0.4, -0.2) is 23.0 Å². The molecule has 5 heteroatoms. The molecule has 23 heavy (non-hydrogen) atoms. The number of carbonyl (C=O) groups excluding carboxylic acids is 2. The van der Waals surface area contributed by atoms with Gasteiger partial charge in [0.05, 0.1) is 0 Å². The van der Waals surface area contributed by atoms with Crippen molar-refractivity contribution in [3.8, 4) is 0 Å². The highest BCUT2D eigenvalue weighted by Gasteiger charge is 2.24. The topological polar surface area (TPSA) is 92.4 Å². The maximum atomic E-state index is 12.1. The summed E-state index contributed by atoms with van der Waals surface area (Å²) in [6.45, 7) is 1.94. The van der Waals surface area contributed by atoms with Crippen molar-refractivity contribution in [2.24, 2.45) is 5.73 Å². The minimum absolute atomic E-state index is 0.282. The summed E-state index contributed by atoms with van der Waals surface area (Å²) in [6.07, 6.45) is -1.06. The number of rotatable bonds is 6. The summed E-state index contributed by atoms with van der Waals surface area (Å²) < 4.78 is 0. The van der Waals surface area contributed by atoms with Gasteiger partial charge in [-0.3, -0.25) is 9.59 Å². The smallest absolute Gasteiger partial charge is 0.254 e. The van der Waals surface area contributed by atoms with Gasteiger partial charge in [0, 0.05) is 6.42 Å². The van der Waals surface area contributed by atoms with Crippen LogP contribution in [0.5, 0.6) is 0 Å². The molecule has 0 saturated heterocycles.